The molecule has 162 valence electrons. The zero-order valence-electron chi connectivity index (χ0n) is 17.7. The third kappa shape index (κ3) is 4.76. The minimum Gasteiger partial charge on any atom is -0.345 e. The fraction of sp³-hybridized carbons (Fsp3) is 0.217. The van der Waals surface area contributed by atoms with E-state index in [4.69, 9.17) is 0 Å². The topological polar surface area (TPSA) is 88.5 Å². The van der Waals surface area contributed by atoms with Crippen LogP contribution in [0.25, 0.3) is 0 Å². The van der Waals surface area contributed by atoms with E-state index < -0.39 is 15.9 Å². The van der Waals surface area contributed by atoms with Crippen molar-refractivity contribution in [1.29, 1.82) is 0 Å². The Morgan fingerprint density at radius 1 is 0.935 bits per heavy atom. The summed E-state index contributed by atoms with van der Waals surface area (Å²) in [6.07, 6.45) is 1.43. The molecule has 0 fully saturated rings. The van der Waals surface area contributed by atoms with Gasteiger partial charge in [0.25, 0.3) is 5.91 Å². The molecule has 0 saturated carbocycles. The van der Waals surface area contributed by atoms with E-state index >= 15 is 0 Å². The van der Waals surface area contributed by atoms with Crippen LogP contribution in [-0.4, -0.2) is 42.1 Å². The third-order valence-corrected chi connectivity index (χ3v) is 6.99. The maximum Gasteiger partial charge on any atom is 0.272 e. The first-order valence-electron chi connectivity index (χ1n) is 9.95. The van der Waals surface area contributed by atoms with E-state index in [1.807, 2.05) is 6.07 Å². The number of amides is 1. The first-order valence-corrected chi connectivity index (χ1v) is 11.4. The molecule has 0 unspecified atom stereocenters. The van der Waals surface area contributed by atoms with Crippen molar-refractivity contribution in [3.63, 3.8) is 0 Å². The molecule has 0 aliphatic heterocycles. The predicted octanol–water partition coefficient (Wildman–Crippen LogP) is 3.54. The Hall–Kier alpha value is -3.23. The van der Waals surface area contributed by atoms with Gasteiger partial charge in [0.15, 0.2) is 5.78 Å². The number of carbonyl (C=O) groups is 2. The Bertz CT molecular complexity index is 1200. The van der Waals surface area contributed by atoms with Crippen LogP contribution >= 0.6 is 0 Å². The molecule has 1 aromatic heterocycles. The maximum absolute atomic E-state index is 12.8. The van der Waals surface area contributed by atoms with Crippen molar-refractivity contribution in [3.05, 3.63) is 83.7 Å². The summed E-state index contributed by atoms with van der Waals surface area (Å²) in [5.41, 5.74) is 1.65. The highest BCUT2D eigenvalue weighted by Crippen LogP contribution is 2.20. The maximum atomic E-state index is 12.8. The first kappa shape index (κ1) is 22.5. The highest BCUT2D eigenvalue weighted by Gasteiger charge is 2.25. The van der Waals surface area contributed by atoms with Crippen molar-refractivity contribution >= 4 is 27.4 Å². The summed E-state index contributed by atoms with van der Waals surface area (Å²) >= 11 is 0. The van der Waals surface area contributed by atoms with Gasteiger partial charge in [-0.25, -0.2) is 8.42 Å². The highest BCUT2D eigenvalue weighted by atomic mass is 32.2. The molecule has 3 rings (SSSR count). The average molecular weight is 440 g/mol. The van der Waals surface area contributed by atoms with Crippen molar-refractivity contribution in [1.82, 2.24) is 8.87 Å². The fourth-order valence-corrected chi connectivity index (χ4v) is 4.83. The van der Waals surface area contributed by atoms with Gasteiger partial charge in [0.1, 0.15) is 10.6 Å². The summed E-state index contributed by atoms with van der Waals surface area (Å²) < 4.78 is 28.3. The Labute approximate surface area is 182 Å². The second-order valence-electron chi connectivity index (χ2n) is 6.99. The lowest BCUT2D eigenvalue weighted by Gasteiger charge is -2.17. The summed E-state index contributed by atoms with van der Waals surface area (Å²) in [6.45, 7) is 4.22. The second kappa shape index (κ2) is 9.28. The molecule has 2 aromatic carbocycles. The predicted molar refractivity (Wildman–Crippen MR) is 120 cm³/mol. The molecule has 0 spiro atoms. The summed E-state index contributed by atoms with van der Waals surface area (Å²) in [5, 5.41) is 2.75. The minimum atomic E-state index is -3.67. The minimum absolute atomic E-state index is 0.0665. The largest absolute Gasteiger partial charge is 0.345 e. The van der Waals surface area contributed by atoms with E-state index in [2.05, 4.69) is 5.32 Å². The van der Waals surface area contributed by atoms with Crippen molar-refractivity contribution in [2.45, 2.75) is 18.7 Å². The van der Waals surface area contributed by atoms with E-state index in [0.717, 1.165) is 0 Å². The SMILES string of the molecule is CCN(CC)S(=O)(=O)c1cc(C(=O)Nc2cccc(C(=O)c3ccccc3)c2)n(C)c1. The molecule has 7 nitrogen and oxygen atoms in total. The molecular formula is C23H25N3O4S. The molecule has 0 atom stereocenters. The van der Waals surface area contributed by atoms with Crippen LogP contribution in [0.4, 0.5) is 5.69 Å². The van der Waals surface area contributed by atoms with Crippen LogP contribution in [0.5, 0.6) is 0 Å². The van der Waals surface area contributed by atoms with Gasteiger partial charge in [-0.1, -0.05) is 56.3 Å². The van der Waals surface area contributed by atoms with Gasteiger partial charge < -0.3 is 9.88 Å². The number of nitrogens with zero attached hydrogens (tertiary/aromatic N) is 2. The molecule has 1 amide bonds. The van der Waals surface area contributed by atoms with Crippen molar-refractivity contribution in [2.24, 2.45) is 7.05 Å². The lowest BCUT2D eigenvalue weighted by Crippen LogP contribution is -2.30. The number of carbonyl (C=O) groups excluding carboxylic acids is 2. The summed E-state index contributed by atoms with van der Waals surface area (Å²) in [5.74, 6) is -0.615. The fourth-order valence-electron chi connectivity index (χ4n) is 3.30. The Morgan fingerprint density at radius 2 is 1.58 bits per heavy atom. The lowest BCUT2D eigenvalue weighted by molar-refractivity contribution is 0.101. The number of anilines is 1. The second-order valence-corrected chi connectivity index (χ2v) is 8.93. The van der Waals surface area contributed by atoms with Gasteiger partial charge in [0.05, 0.1) is 0 Å². The number of sulfonamides is 1. The van der Waals surface area contributed by atoms with Crippen LogP contribution in [0.2, 0.25) is 0 Å². The summed E-state index contributed by atoms with van der Waals surface area (Å²) in [7, 11) is -2.05. The summed E-state index contributed by atoms with van der Waals surface area (Å²) in [6, 6.07) is 16.9. The van der Waals surface area contributed by atoms with Gasteiger partial charge in [-0.05, 0) is 18.2 Å². The van der Waals surface area contributed by atoms with Crippen LogP contribution in [0, 0.1) is 0 Å². The Balaban J connectivity index is 1.83. The molecule has 0 aliphatic carbocycles. The first-order chi connectivity index (χ1) is 14.8. The smallest absolute Gasteiger partial charge is 0.272 e. The normalized spacial score (nSPS) is 11.5. The van der Waals surface area contributed by atoms with Crippen LogP contribution in [-0.2, 0) is 17.1 Å². The van der Waals surface area contributed by atoms with Gasteiger partial charge in [-0.15, -0.1) is 0 Å². The van der Waals surface area contributed by atoms with E-state index in [1.165, 1.54) is 21.1 Å². The number of benzene rings is 2. The molecule has 0 aliphatic rings. The molecule has 8 heteroatoms. The van der Waals surface area contributed by atoms with E-state index in [0.29, 0.717) is 29.9 Å². The average Bonchev–Trinajstić information content (AvgIpc) is 3.17. The van der Waals surface area contributed by atoms with Crippen LogP contribution in [0.3, 0.4) is 0 Å². The van der Waals surface area contributed by atoms with Crippen LogP contribution in [0.15, 0.2) is 71.8 Å². The zero-order valence-corrected chi connectivity index (χ0v) is 18.5. The van der Waals surface area contributed by atoms with Gasteiger partial charge in [-0.2, -0.15) is 4.31 Å². The molecule has 3 aromatic rings. The number of hydrogen-bond donors (Lipinski definition) is 1. The van der Waals surface area contributed by atoms with Crippen LogP contribution < -0.4 is 5.32 Å². The Morgan fingerprint density at radius 3 is 2.23 bits per heavy atom. The van der Waals surface area contributed by atoms with Crippen molar-refractivity contribution in [2.75, 3.05) is 18.4 Å². The zero-order chi connectivity index (χ0) is 22.6. The van der Waals surface area contributed by atoms with Gasteiger partial charge in [0, 0.05) is 43.1 Å². The monoisotopic (exact) mass is 439 g/mol. The standard InChI is InChI=1S/C23H25N3O4S/c1-4-26(5-2)31(29,30)20-15-21(25(3)16-20)23(28)24-19-13-9-12-18(14-19)22(27)17-10-7-6-8-11-17/h6-16H,4-5H2,1-3H3,(H,24,28). The molecule has 0 radical (unpaired) electrons. The molecule has 31 heavy (non-hydrogen) atoms. The number of nitrogens with one attached hydrogen (secondary N) is 1. The molecular weight excluding hydrogens is 414 g/mol. The van der Waals surface area contributed by atoms with Gasteiger partial charge in [0.2, 0.25) is 10.0 Å². The number of aromatic nitrogens is 1. The molecule has 0 bridgehead atoms. The van der Waals surface area contributed by atoms with Crippen molar-refractivity contribution in [3.8, 4) is 0 Å². The molecule has 1 N–H and O–H groups in total. The number of ketones is 1. The number of rotatable bonds is 8. The number of hydrogen-bond acceptors (Lipinski definition) is 4. The highest BCUT2D eigenvalue weighted by molar-refractivity contribution is 7.89. The number of aryl methyl sites for hydroxylation is 1. The Kier molecular flexibility index (Phi) is 6.72. The van der Waals surface area contributed by atoms with E-state index in [1.54, 1.807) is 69.4 Å². The third-order valence-electron chi connectivity index (χ3n) is 4.97. The molecule has 0 saturated heterocycles. The van der Waals surface area contributed by atoms with Gasteiger partial charge in [-0.3, -0.25) is 9.59 Å². The van der Waals surface area contributed by atoms with Crippen molar-refractivity contribution < 1.29 is 18.0 Å². The van der Waals surface area contributed by atoms with E-state index in [9.17, 15) is 18.0 Å². The van der Waals surface area contributed by atoms with Gasteiger partial charge >= 0.3 is 0 Å². The molecule has 1 heterocycles. The van der Waals surface area contributed by atoms with Crippen LogP contribution in [0.1, 0.15) is 40.3 Å². The summed E-state index contributed by atoms with van der Waals surface area (Å²) in [4.78, 5) is 25.5. The van der Waals surface area contributed by atoms with E-state index in [-0.39, 0.29) is 16.4 Å². The lowest BCUT2D eigenvalue weighted by atomic mass is 10.0. The quantitative estimate of drug-likeness (QED) is 0.544.